The van der Waals surface area contributed by atoms with Crippen molar-refractivity contribution in [1.82, 2.24) is 5.32 Å². The molecule has 1 aromatic carbocycles. The molecule has 1 aliphatic carbocycles. The van der Waals surface area contributed by atoms with Gasteiger partial charge in [0.25, 0.3) is 5.91 Å². The van der Waals surface area contributed by atoms with Crippen LogP contribution >= 0.6 is 15.9 Å². The van der Waals surface area contributed by atoms with Gasteiger partial charge in [0, 0.05) is 11.4 Å². The van der Waals surface area contributed by atoms with Crippen LogP contribution in [-0.4, -0.2) is 17.3 Å². The van der Waals surface area contributed by atoms with Crippen LogP contribution < -0.4 is 5.32 Å². The lowest BCUT2D eigenvalue weighted by molar-refractivity contribution is -0.137. The third kappa shape index (κ3) is 3.34. The van der Waals surface area contributed by atoms with E-state index in [0.29, 0.717) is 0 Å². The van der Waals surface area contributed by atoms with E-state index in [1.807, 2.05) is 0 Å². The smallest absolute Gasteiger partial charge is 0.349 e. The first kappa shape index (κ1) is 15.4. The van der Waals surface area contributed by atoms with Gasteiger partial charge in [0.15, 0.2) is 0 Å². The van der Waals surface area contributed by atoms with Gasteiger partial charge in [-0.3, -0.25) is 4.79 Å². The Labute approximate surface area is 123 Å². The van der Waals surface area contributed by atoms with E-state index < -0.39 is 17.6 Å². The van der Waals surface area contributed by atoms with Crippen molar-refractivity contribution >= 4 is 21.8 Å². The van der Waals surface area contributed by atoms with Crippen LogP contribution in [0.1, 0.15) is 35.2 Å². The number of rotatable bonds is 3. The van der Waals surface area contributed by atoms with Gasteiger partial charge in [0.1, 0.15) is 0 Å². The average molecular weight is 350 g/mol. The van der Waals surface area contributed by atoms with Gasteiger partial charge in [-0.25, -0.2) is 0 Å². The average Bonchev–Trinajstić information content (AvgIpc) is 2.85. The molecule has 1 saturated carbocycles. The zero-order valence-electron chi connectivity index (χ0n) is 10.7. The van der Waals surface area contributed by atoms with Crippen LogP contribution in [0.25, 0.3) is 0 Å². The van der Waals surface area contributed by atoms with Crippen molar-refractivity contribution in [2.24, 2.45) is 5.92 Å². The first-order chi connectivity index (χ1) is 9.43. The summed E-state index contributed by atoms with van der Waals surface area (Å²) in [5.41, 5.74) is -1.19. The summed E-state index contributed by atoms with van der Waals surface area (Å²) in [6.45, 7) is 0. The molecule has 0 aromatic heterocycles. The van der Waals surface area contributed by atoms with E-state index in [2.05, 4.69) is 21.2 Å². The maximum Gasteiger partial charge on any atom is 0.417 e. The highest BCUT2D eigenvalue weighted by Gasteiger charge is 2.36. The quantitative estimate of drug-likeness (QED) is 0.821. The van der Waals surface area contributed by atoms with E-state index in [4.69, 9.17) is 0 Å². The summed E-state index contributed by atoms with van der Waals surface area (Å²) in [5, 5.41) is 3.49. The van der Waals surface area contributed by atoms with Gasteiger partial charge in [0.2, 0.25) is 0 Å². The Balaban J connectivity index is 2.18. The van der Waals surface area contributed by atoms with Crippen LogP contribution in [0.15, 0.2) is 24.3 Å². The number of carbonyl (C=O) groups excluding carboxylic acids is 1. The molecule has 2 rings (SSSR count). The van der Waals surface area contributed by atoms with Gasteiger partial charge in [-0.1, -0.05) is 34.5 Å². The minimum Gasteiger partial charge on any atom is -0.349 e. The molecule has 2 nitrogen and oxygen atoms in total. The van der Waals surface area contributed by atoms with Crippen molar-refractivity contribution < 1.29 is 18.0 Å². The molecule has 2 unspecified atom stereocenters. The summed E-state index contributed by atoms with van der Waals surface area (Å²) in [5.74, 6) is -0.354. The van der Waals surface area contributed by atoms with Gasteiger partial charge in [0.05, 0.1) is 11.1 Å². The number of benzene rings is 1. The Bertz CT molecular complexity index is 490. The fraction of sp³-hybridized carbons (Fsp3) is 0.500. The third-order valence-electron chi connectivity index (χ3n) is 3.65. The minimum absolute atomic E-state index is 0.0526. The van der Waals surface area contributed by atoms with E-state index in [1.54, 1.807) is 0 Å². The van der Waals surface area contributed by atoms with E-state index >= 15 is 0 Å². The molecule has 1 fully saturated rings. The third-order valence-corrected chi connectivity index (χ3v) is 4.48. The Morgan fingerprint density at radius 1 is 1.30 bits per heavy atom. The zero-order valence-corrected chi connectivity index (χ0v) is 12.3. The first-order valence-corrected chi connectivity index (χ1v) is 7.58. The van der Waals surface area contributed by atoms with Crippen LogP contribution in [0, 0.1) is 5.92 Å². The van der Waals surface area contributed by atoms with Gasteiger partial charge in [-0.05, 0) is 30.9 Å². The SMILES string of the molecule is O=C(NC1CCCC1CBr)c1ccccc1C(F)(F)F. The molecule has 2 atom stereocenters. The predicted octanol–water partition coefficient (Wildman–Crippen LogP) is 4.00. The number of carbonyl (C=O) groups is 1. The van der Waals surface area contributed by atoms with Crippen molar-refractivity contribution in [3.05, 3.63) is 35.4 Å². The number of nitrogens with one attached hydrogen (secondary N) is 1. The molecule has 20 heavy (non-hydrogen) atoms. The highest BCUT2D eigenvalue weighted by Crippen LogP contribution is 2.32. The predicted molar refractivity (Wildman–Crippen MR) is 73.8 cm³/mol. The van der Waals surface area contributed by atoms with Crippen LogP contribution in [0.2, 0.25) is 0 Å². The standard InChI is InChI=1S/C14H15BrF3NO/c15-8-9-4-3-7-12(9)19-13(20)10-5-1-2-6-11(10)14(16,17)18/h1-2,5-6,9,12H,3-4,7-8H2,(H,19,20). The Morgan fingerprint density at radius 3 is 2.65 bits per heavy atom. The van der Waals surface area contributed by atoms with E-state index in [-0.39, 0.29) is 17.5 Å². The summed E-state index contributed by atoms with van der Waals surface area (Å²) in [7, 11) is 0. The van der Waals surface area contributed by atoms with Crippen LogP contribution in [0.3, 0.4) is 0 Å². The molecule has 1 aliphatic rings. The maximum absolute atomic E-state index is 12.9. The second kappa shape index (κ2) is 6.16. The molecule has 0 aliphatic heterocycles. The van der Waals surface area contributed by atoms with Crippen molar-refractivity contribution in [3.8, 4) is 0 Å². The molecule has 0 radical (unpaired) electrons. The summed E-state index contributed by atoms with van der Waals surface area (Å²) in [6.07, 6.45) is -1.73. The van der Waals surface area contributed by atoms with Crippen molar-refractivity contribution in [2.75, 3.05) is 5.33 Å². The first-order valence-electron chi connectivity index (χ1n) is 6.46. The largest absolute Gasteiger partial charge is 0.417 e. The summed E-state index contributed by atoms with van der Waals surface area (Å²) in [6, 6.07) is 4.84. The summed E-state index contributed by atoms with van der Waals surface area (Å²) >= 11 is 3.38. The number of halogens is 4. The molecular weight excluding hydrogens is 335 g/mol. The normalized spacial score (nSPS) is 22.8. The fourth-order valence-electron chi connectivity index (χ4n) is 2.59. The monoisotopic (exact) mass is 349 g/mol. The molecule has 0 bridgehead atoms. The van der Waals surface area contributed by atoms with Gasteiger partial charge in [-0.15, -0.1) is 0 Å². The Morgan fingerprint density at radius 2 is 2.00 bits per heavy atom. The minimum atomic E-state index is -4.52. The number of alkyl halides is 4. The second-order valence-corrected chi connectivity index (χ2v) is 5.62. The van der Waals surface area contributed by atoms with Crippen molar-refractivity contribution in [2.45, 2.75) is 31.5 Å². The molecule has 1 aromatic rings. The van der Waals surface area contributed by atoms with Crippen LogP contribution in [-0.2, 0) is 6.18 Å². The molecule has 1 N–H and O–H groups in total. The highest BCUT2D eigenvalue weighted by atomic mass is 79.9. The Hall–Kier alpha value is -1.04. The van der Waals surface area contributed by atoms with Crippen molar-refractivity contribution in [1.29, 1.82) is 0 Å². The van der Waals surface area contributed by atoms with Crippen LogP contribution in [0.5, 0.6) is 0 Å². The van der Waals surface area contributed by atoms with E-state index in [1.165, 1.54) is 18.2 Å². The van der Waals surface area contributed by atoms with Gasteiger partial charge < -0.3 is 5.32 Å². The zero-order chi connectivity index (χ0) is 14.8. The maximum atomic E-state index is 12.9. The lowest BCUT2D eigenvalue weighted by atomic mass is 10.0. The highest BCUT2D eigenvalue weighted by molar-refractivity contribution is 9.09. The lowest BCUT2D eigenvalue weighted by Gasteiger charge is -2.20. The van der Waals surface area contributed by atoms with Crippen molar-refractivity contribution in [3.63, 3.8) is 0 Å². The molecule has 0 saturated heterocycles. The number of hydrogen-bond acceptors (Lipinski definition) is 1. The van der Waals surface area contributed by atoms with Gasteiger partial charge >= 0.3 is 6.18 Å². The second-order valence-electron chi connectivity index (χ2n) is 4.97. The number of amides is 1. The van der Waals surface area contributed by atoms with E-state index in [0.717, 1.165) is 30.7 Å². The number of hydrogen-bond donors (Lipinski definition) is 1. The Kier molecular flexibility index (Phi) is 4.73. The molecular formula is C14H15BrF3NO. The summed E-state index contributed by atoms with van der Waals surface area (Å²) in [4.78, 5) is 12.1. The molecule has 6 heteroatoms. The van der Waals surface area contributed by atoms with E-state index in [9.17, 15) is 18.0 Å². The lowest BCUT2D eigenvalue weighted by Crippen LogP contribution is -2.38. The summed E-state index contributed by atoms with van der Waals surface area (Å²) < 4.78 is 38.6. The molecule has 0 heterocycles. The molecule has 110 valence electrons. The molecule has 0 spiro atoms. The fourth-order valence-corrected chi connectivity index (χ4v) is 3.36. The topological polar surface area (TPSA) is 29.1 Å². The van der Waals surface area contributed by atoms with Crippen LogP contribution in [0.4, 0.5) is 13.2 Å². The molecule has 1 amide bonds. The van der Waals surface area contributed by atoms with Gasteiger partial charge in [-0.2, -0.15) is 13.2 Å².